The predicted molar refractivity (Wildman–Crippen MR) is 90.1 cm³/mol. The average Bonchev–Trinajstić information content (AvgIpc) is 2.47. The van der Waals surface area contributed by atoms with Crippen LogP contribution >= 0.6 is 15.9 Å². The van der Waals surface area contributed by atoms with Crippen molar-refractivity contribution in [2.75, 3.05) is 0 Å². The Kier molecular flexibility index (Phi) is 5.51. The van der Waals surface area contributed by atoms with Crippen molar-refractivity contribution in [1.82, 2.24) is 0 Å². The van der Waals surface area contributed by atoms with Gasteiger partial charge in [-0.2, -0.15) is 0 Å². The highest BCUT2D eigenvalue weighted by atomic mass is 79.9. The van der Waals surface area contributed by atoms with Crippen LogP contribution in [0.2, 0.25) is 0 Å². The Labute approximate surface area is 136 Å². The van der Waals surface area contributed by atoms with Gasteiger partial charge in [0.2, 0.25) is 0 Å². The molecule has 0 aliphatic heterocycles. The molecule has 1 N–H and O–H groups in total. The summed E-state index contributed by atoms with van der Waals surface area (Å²) in [4.78, 5) is 1.49. The number of rotatable bonds is 5. The van der Waals surface area contributed by atoms with Gasteiger partial charge in [0.25, 0.3) is 0 Å². The van der Waals surface area contributed by atoms with E-state index >= 15 is 0 Å². The molecule has 0 aliphatic rings. The van der Waals surface area contributed by atoms with Gasteiger partial charge in [-0.25, -0.2) is 4.21 Å². The minimum atomic E-state index is -1.25. The second-order valence-corrected chi connectivity index (χ2v) is 7.32. The maximum absolute atomic E-state index is 12.7. The first-order chi connectivity index (χ1) is 9.99. The van der Waals surface area contributed by atoms with Gasteiger partial charge in [-0.1, -0.05) is 58.4 Å². The molecule has 0 aromatic heterocycles. The third kappa shape index (κ3) is 4.13. The smallest absolute Gasteiger partial charge is 0.0889 e. The molecule has 1 unspecified atom stereocenters. The van der Waals surface area contributed by atoms with E-state index in [9.17, 15) is 9.32 Å². The molecule has 2 nitrogen and oxygen atoms in total. The summed E-state index contributed by atoms with van der Waals surface area (Å²) >= 11 is 3.19. The van der Waals surface area contributed by atoms with Gasteiger partial charge in [0.05, 0.1) is 16.9 Å². The number of aryl methyl sites for hydroxylation is 1. The highest BCUT2D eigenvalue weighted by Crippen LogP contribution is 2.23. The maximum Gasteiger partial charge on any atom is 0.0889 e. The lowest BCUT2D eigenvalue weighted by molar-refractivity contribution is 0.220. The molecule has 0 fully saturated rings. The van der Waals surface area contributed by atoms with Gasteiger partial charge >= 0.3 is 0 Å². The molecule has 0 saturated carbocycles. The third-order valence-electron chi connectivity index (χ3n) is 3.18. The van der Waals surface area contributed by atoms with Gasteiger partial charge in [0, 0.05) is 20.7 Å². The lowest BCUT2D eigenvalue weighted by Gasteiger charge is -2.13. The molecule has 4 heteroatoms. The normalized spacial score (nSPS) is 13.7. The van der Waals surface area contributed by atoms with E-state index in [4.69, 9.17) is 0 Å². The average molecular weight is 365 g/mol. The number of halogens is 1. The zero-order chi connectivity index (χ0) is 15.4. The monoisotopic (exact) mass is 364 g/mol. The van der Waals surface area contributed by atoms with Crippen LogP contribution in [-0.4, -0.2) is 15.4 Å². The fourth-order valence-electron chi connectivity index (χ4n) is 1.96. The molecule has 2 atom stereocenters. The van der Waals surface area contributed by atoms with Gasteiger partial charge in [0.15, 0.2) is 0 Å². The first-order valence-electron chi connectivity index (χ1n) is 6.57. The lowest BCUT2D eigenvalue weighted by atomic mass is 10.1. The van der Waals surface area contributed by atoms with Gasteiger partial charge in [0.1, 0.15) is 0 Å². The summed E-state index contributed by atoms with van der Waals surface area (Å²) in [7, 11) is -1.25. The molecule has 0 spiro atoms. The van der Waals surface area contributed by atoms with Crippen LogP contribution in [0.4, 0.5) is 0 Å². The summed E-state index contributed by atoms with van der Waals surface area (Å²) in [5, 5.41) is 9.95. The van der Waals surface area contributed by atoms with Crippen LogP contribution in [0.3, 0.4) is 0 Å². The number of aliphatic hydroxyl groups excluding tert-OH is 1. The Morgan fingerprint density at radius 2 is 1.86 bits per heavy atom. The van der Waals surface area contributed by atoms with Gasteiger partial charge < -0.3 is 5.11 Å². The molecule has 2 aromatic rings. The molecule has 0 bridgehead atoms. The standard InChI is InChI=1S/C17H17BrO2S/c1-12-7-9-15(10-8-12)21(20)17-6-4-3-5-14(17)11-16(19)13(2)18/h3-10,16,19H,2,11H2,1H3/t16-,21?/m1/s1. The third-order valence-corrected chi connectivity index (χ3v) is 5.21. The van der Waals surface area contributed by atoms with Crippen molar-refractivity contribution in [3.05, 3.63) is 70.7 Å². The zero-order valence-electron chi connectivity index (χ0n) is 11.8. The van der Waals surface area contributed by atoms with E-state index in [1.54, 1.807) is 0 Å². The molecule has 0 heterocycles. The van der Waals surface area contributed by atoms with Gasteiger partial charge in [-0.3, -0.25) is 0 Å². The van der Waals surface area contributed by atoms with E-state index in [0.29, 0.717) is 10.9 Å². The summed E-state index contributed by atoms with van der Waals surface area (Å²) in [6, 6.07) is 15.1. The predicted octanol–water partition coefficient (Wildman–Crippen LogP) is 3.97. The van der Waals surface area contributed by atoms with Crippen LogP contribution in [0, 0.1) is 6.92 Å². The van der Waals surface area contributed by atoms with E-state index in [-0.39, 0.29) is 0 Å². The molecule has 2 aromatic carbocycles. The van der Waals surface area contributed by atoms with Crippen molar-refractivity contribution in [2.45, 2.75) is 29.2 Å². The zero-order valence-corrected chi connectivity index (χ0v) is 14.2. The van der Waals surface area contributed by atoms with Crippen molar-refractivity contribution in [2.24, 2.45) is 0 Å². The SMILES string of the molecule is C=C(Br)[C@H](O)Cc1ccccc1S(=O)c1ccc(C)cc1. The molecular formula is C17H17BrO2S. The Balaban J connectivity index is 2.33. The van der Waals surface area contributed by atoms with Crippen molar-refractivity contribution in [3.8, 4) is 0 Å². The summed E-state index contributed by atoms with van der Waals surface area (Å²) in [6.45, 7) is 5.68. The molecule has 110 valence electrons. The fraction of sp³-hybridized carbons (Fsp3) is 0.176. The number of hydrogen-bond acceptors (Lipinski definition) is 2. The minimum Gasteiger partial charge on any atom is -0.388 e. The van der Waals surface area contributed by atoms with Gasteiger partial charge in [-0.15, -0.1) is 0 Å². The first-order valence-corrected chi connectivity index (χ1v) is 8.52. The summed E-state index contributed by atoms with van der Waals surface area (Å²) < 4.78 is 13.3. The highest BCUT2D eigenvalue weighted by molar-refractivity contribution is 9.11. The van der Waals surface area contributed by atoms with Crippen LogP contribution in [0.25, 0.3) is 0 Å². The molecule has 0 saturated heterocycles. The molecular weight excluding hydrogens is 348 g/mol. The highest BCUT2D eigenvalue weighted by Gasteiger charge is 2.15. The van der Waals surface area contributed by atoms with Crippen molar-refractivity contribution >= 4 is 26.7 Å². The van der Waals surface area contributed by atoms with E-state index in [1.165, 1.54) is 0 Å². The maximum atomic E-state index is 12.7. The van der Waals surface area contributed by atoms with Crippen molar-refractivity contribution in [3.63, 3.8) is 0 Å². The van der Waals surface area contributed by atoms with E-state index < -0.39 is 16.9 Å². The van der Waals surface area contributed by atoms with Crippen LogP contribution in [0.1, 0.15) is 11.1 Å². The molecule has 0 amide bonds. The lowest BCUT2D eigenvalue weighted by Crippen LogP contribution is -2.11. The molecule has 0 radical (unpaired) electrons. The molecule has 21 heavy (non-hydrogen) atoms. The Morgan fingerprint density at radius 3 is 2.48 bits per heavy atom. The van der Waals surface area contributed by atoms with E-state index in [0.717, 1.165) is 20.9 Å². The van der Waals surface area contributed by atoms with Crippen LogP contribution in [0.5, 0.6) is 0 Å². The summed E-state index contributed by atoms with van der Waals surface area (Å²) in [6.07, 6.45) is -0.307. The second kappa shape index (κ2) is 7.16. The Bertz CT molecular complexity index is 665. The van der Waals surface area contributed by atoms with Gasteiger partial charge in [-0.05, 0) is 30.7 Å². The van der Waals surface area contributed by atoms with E-state index in [1.807, 2.05) is 55.5 Å². The quantitative estimate of drug-likeness (QED) is 0.871. The Hall–Kier alpha value is -1.23. The number of aliphatic hydroxyl groups is 1. The summed E-state index contributed by atoms with van der Waals surface area (Å²) in [5.74, 6) is 0. The minimum absolute atomic E-state index is 0.387. The molecule has 2 rings (SSSR count). The fourth-order valence-corrected chi connectivity index (χ4v) is 3.35. The first kappa shape index (κ1) is 16.1. The topological polar surface area (TPSA) is 37.3 Å². The Morgan fingerprint density at radius 1 is 1.24 bits per heavy atom. The van der Waals surface area contributed by atoms with Crippen molar-refractivity contribution in [1.29, 1.82) is 0 Å². The molecule has 0 aliphatic carbocycles. The van der Waals surface area contributed by atoms with Crippen LogP contribution in [0.15, 0.2) is 69.4 Å². The van der Waals surface area contributed by atoms with Crippen molar-refractivity contribution < 1.29 is 9.32 Å². The summed E-state index contributed by atoms with van der Waals surface area (Å²) in [5.41, 5.74) is 2.00. The second-order valence-electron chi connectivity index (χ2n) is 4.86. The number of hydrogen-bond donors (Lipinski definition) is 1. The van der Waals surface area contributed by atoms with E-state index in [2.05, 4.69) is 22.5 Å². The van der Waals surface area contributed by atoms with Crippen LogP contribution < -0.4 is 0 Å². The number of benzene rings is 2. The largest absolute Gasteiger partial charge is 0.388 e. The van der Waals surface area contributed by atoms with Crippen LogP contribution in [-0.2, 0) is 17.2 Å².